The lowest BCUT2D eigenvalue weighted by Gasteiger charge is -2.10. The fraction of sp³-hybridized carbons (Fsp3) is 0.636. The Hall–Kier alpha value is -1.16. The fourth-order valence-electron chi connectivity index (χ4n) is 1.84. The summed E-state index contributed by atoms with van der Waals surface area (Å²) < 4.78 is 1.82. The Bertz CT molecular complexity index is 418. The molecule has 0 aliphatic heterocycles. The predicted molar refractivity (Wildman–Crippen MR) is 58.9 cm³/mol. The van der Waals surface area contributed by atoms with Crippen LogP contribution in [-0.2, 0) is 6.42 Å². The summed E-state index contributed by atoms with van der Waals surface area (Å²) in [6, 6.07) is 0.396. The van der Waals surface area contributed by atoms with Crippen LogP contribution in [-0.4, -0.2) is 15.6 Å². The van der Waals surface area contributed by atoms with Crippen LogP contribution in [0.25, 0.3) is 0 Å². The van der Waals surface area contributed by atoms with Gasteiger partial charge in [0.15, 0.2) is 0 Å². The summed E-state index contributed by atoms with van der Waals surface area (Å²) in [5, 5.41) is 0. The molecule has 1 fully saturated rings. The fourth-order valence-corrected chi connectivity index (χ4v) is 1.84. The molecular weight excluding hydrogens is 190 g/mol. The van der Waals surface area contributed by atoms with Crippen molar-refractivity contribution >= 4 is 0 Å². The highest BCUT2D eigenvalue weighted by atomic mass is 16.1. The Morgan fingerprint density at radius 3 is 2.87 bits per heavy atom. The molecule has 4 heteroatoms. The summed E-state index contributed by atoms with van der Waals surface area (Å²) in [5.41, 5.74) is 6.54. The first-order chi connectivity index (χ1) is 7.09. The third kappa shape index (κ3) is 2.09. The number of aromatic nitrogens is 2. The number of nitrogens with zero attached hydrogens (tertiary/aromatic N) is 2. The molecule has 0 amide bonds. The van der Waals surface area contributed by atoms with Crippen molar-refractivity contribution in [3.05, 3.63) is 27.9 Å². The molecule has 0 aromatic carbocycles. The van der Waals surface area contributed by atoms with Crippen molar-refractivity contribution in [1.29, 1.82) is 0 Å². The van der Waals surface area contributed by atoms with Crippen molar-refractivity contribution < 1.29 is 0 Å². The number of hydrogen-bond donors (Lipinski definition) is 1. The molecule has 1 saturated carbocycles. The first-order valence-electron chi connectivity index (χ1n) is 5.42. The van der Waals surface area contributed by atoms with E-state index in [1.807, 2.05) is 18.4 Å². The zero-order chi connectivity index (χ0) is 11.0. The van der Waals surface area contributed by atoms with Gasteiger partial charge in [-0.3, -0.25) is 9.36 Å². The van der Waals surface area contributed by atoms with Crippen molar-refractivity contribution in [1.82, 2.24) is 9.55 Å². The van der Waals surface area contributed by atoms with Gasteiger partial charge in [0, 0.05) is 23.8 Å². The molecule has 0 spiro atoms. The molecule has 82 valence electrons. The van der Waals surface area contributed by atoms with Gasteiger partial charge in [0.1, 0.15) is 5.82 Å². The second kappa shape index (κ2) is 3.77. The van der Waals surface area contributed by atoms with E-state index in [9.17, 15) is 4.79 Å². The van der Waals surface area contributed by atoms with E-state index in [1.54, 1.807) is 6.20 Å². The van der Waals surface area contributed by atoms with Crippen LogP contribution in [0.15, 0.2) is 11.0 Å². The van der Waals surface area contributed by atoms with E-state index in [4.69, 9.17) is 5.73 Å². The zero-order valence-corrected chi connectivity index (χ0v) is 9.23. The lowest BCUT2D eigenvalue weighted by molar-refractivity contribution is 0.632. The average molecular weight is 207 g/mol. The summed E-state index contributed by atoms with van der Waals surface area (Å²) in [4.78, 5) is 16.3. The van der Waals surface area contributed by atoms with Crippen LogP contribution < -0.4 is 11.3 Å². The van der Waals surface area contributed by atoms with Crippen LogP contribution in [0.2, 0.25) is 0 Å². The van der Waals surface area contributed by atoms with Crippen LogP contribution in [0, 0.1) is 6.92 Å². The topological polar surface area (TPSA) is 60.9 Å². The molecule has 0 saturated heterocycles. The third-order valence-electron chi connectivity index (χ3n) is 2.70. The molecule has 1 heterocycles. The zero-order valence-electron chi connectivity index (χ0n) is 9.23. The summed E-state index contributed by atoms with van der Waals surface area (Å²) in [6.07, 6.45) is 4.48. The maximum atomic E-state index is 12.1. The summed E-state index contributed by atoms with van der Waals surface area (Å²) >= 11 is 0. The van der Waals surface area contributed by atoms with Gasteiger partial charge in [-0.1, -0.05) is 0 Å². The maximum Gasteiger partial charge on any atom is 0.256 e. The van der Waals surface area contributed by atoms with Crippen LogP contribution >= 0.6 is 0 Å². The Morgan fingerprint density at radius 1 is 1.67 bits per heavy atom. The van der Waals surface area contributed by atoms with Gasteiger partial charge in [0.2, 0.25) is 0 Å². The first kappa shape index (κ1) is 10.4. The summed E-state index contributed by atoms with van der Waals surface area (Å²) in [5.74, 6) is 0.816. The second-order valence-electron chi connectivity index (χ2n) is 4.42. The van der Waals surface area contributed by atoms with Crippen molar-refractivity contribution in [3.63, 3.8) is 0 Å². The Labute approximate surface area is 89.1 Å². The molecule has 2 rings (SSSR count). The van der Waals surface area contributed by atoms with Gasteiger partial charge in [-0.25, -0.2) is 4.98 Å². The van der Waals surface area contributed by atoms with Gasteiger partial charge in [-0.05, 0) is 33.1 Å². The van der Waals surface area contributed by atoms with Crippen molar-refractivity contribution in [3.8, 4) is 0 Å². The molecular formula is C11H17N3O. The minimum Gasteiger partial charge on any atom is -0.328 e. The molecule has 0 radical (unpaired) electrons. The largest absolute Gasteiger partial charge is 0.328 e. The Morgan fingerprint density at radius 2 is 2.33 bits per heavy atom. The van der Waals surface area contributed by atoms with Crippen molar-refractivity contribution in [2.45, 2.75) is 45.2 Å². The number of rotatable bonds is 3. The van der Waals surface area contributed by atoms with E-state index in [2.05, 4.69) is 4.98 Å². The van der Waals surface area contributed by atoms with E-state index in [1.165, 1.54) is 0 Å². The van der Waals surface area contributed by atoms with Crippen LogP contribution in [0.5, 0.6) is 0 Å². The average Bonchev–Trinajstić information content (AvgIpc) is 2.94. The maximum absolute atomic E-state index is 12.1. The van der Waals surface area contributed by atoms with E-state index in [0.29, 0.717) is 12.5 Å². The van der Waals surface area contributed by atoms with Crippen LogP contribution in [0.1, 0.15) is 37.2 Å². The number of aryl methyl sites for hydroxylation is 1. The predicted octanol–water partition coefficient (Wildman–Crippen LogP) is 0.776. The SMILES string of the molecule is Cc1ncc(CC(C)N)c(=O)n1C1CC1. The van der Waals surface area contributed by atoms with E-state index in [0.717, 1.165) is 24.2 Å². The molecule has 1 aromatic heterocycles. The van der Waals surface area contributed by atoms with Gasteiger partial charge in [-0.2, -0.15) is 0 Å². The molecule has 4 nitrogen and oxygen atoms in total. The Kier molecular flexibility index (Phi) is 2.61. The first-order valence-corrected chi connectivity index (χ1v) is 5.42. The molecule has 15 heavy (non-hydrogen) atoms. The highest BCUT2D eigenvalue weighted by Gasteiger charge is 2.27. The third-order valence-corrected chi connectivity index (χ3v) is 2.70. The quantitative estimate of drug-likeness (QED) is 0.796. The summed E-state index contributed by atoms with van der Waals surface area (Å²) in [6.45, 7) is 3.79. The van der Waals surface area contributed by atoms with Gasteiger partial charge >= 0.3 is 0 Å². The highest BCUT2D eigenvalue weighted by molar-refractivity contribution is 5.11. The Balaban J connectivity index is 2.41. The highest BCUT2D eigenvalue weighted by Crippen LogP contribution is 2.34. The molecule has 1 aromatic rings. The second-order valence-corrected chi connectivity index (χ2v) is 4.42. The minimum absolute atomic E-state index is 0.00913. The van der Waals surface area contributed by atoms with E-state index < -0.39 is 0 Å². The van der Waals surface area contributed by atoms with Gasteiger partial charge in [0.05, 0.1) is 0 Å². The molecule has 1 aliphatic rings. The minimum atomic E-state index is 0.00913. The molecule has 2 N–H and O–H groups in total. The number of nitrogens with two attached hydrogens (primary N) is 1. The van der Waals surface area contributed by atoms with E-state index >= 15 is 0 Å². The van der Waals surface area contributed by atoms with Gasteiger partial charge < -0.3 is 5.73 Å². The van der Waals surface area contributed by atoms with Gasteiger partial charge in [0.25, 0.3) is 5.56 Å². The molecule has 0 bridgehead atoms. The normalized spacial score (nSPS) is 17.8. The lowest BCUT2D eigenvalue weighted by Crippen LogP contribution is -2.30. The monoisotopic (exact) mass is 207 g/mol. The van der Waals surface area contributed by atoms with Crippen molar-refractivity contribution in [2.75, 3.05) is 0 Å². The molecule has 1 aliphatic carbocycles. The van der Waals surface area contributed by atoms with Crippen molar-refractivity contribution in [2.24, 2.45) is 5.73 Å². The summed E-state index contributed by atoms with van der Waals surface area (Å²) in [7, 11) is 0. The van der Waals surface area contributed by atoms with Gasteiger partial charge in [-0.15, -0.1) is 0 Å². The van der Waals surface area contributed by atoms with E-state index in [-0.39, 0.29) is 11.6 Å². The van der Waals surface area contributed by atoms with Crippen LogP contribution in [0.3, 0.4) is 0 Å². The molecule has 1 unspecified atom stereocenters. The van der Waals surface area contributed by atoms with Crippen LogP contribution in [0.4, 0.5) is 0 Å². The lowest BCUT2D eigenvalue weighted by atomic mass is 10.1. The standard InChI is InChI=1S/C11H17N3O/c1-7(12)5-9-6-13-8(2)14(11(9)15)10-3-4-10/h6-7,10H,3-5,12H2,1-2H3. The smallest absolute Gasteiger partial charge is 0.256 e. The number of hydrogen-bond acceptors (Lipinski definition) is 3. The molecule has 1 atom stereocenters.